The van der Waals surface area contributed by atoms with Gasteiger partial charge in [-0.25, -0.2) is 17.5 Å². The fourth-order valence-electron chi connectivity index (χ4n) is 1.84. The Kier molecular flexibility index (Phi) is 6.86. The summed E-state index contributed by atoms with van der Waals surface area (Å²) >= 11 is 0. The maximum Gasteiger partial charge on any atom is 0.240 e. The molecular formula is C13H21FN2O4S. The summed E-state index contributed by atoms with van der Waals surface area (Å²) in [6.07, 6.45) is 2.99. The summed E-state index contributed by atoms with van der Waals surface area (Å²) in [6, 6.07) is 2.04. The van der Waals surface area contributed by atoms with Crippen molar-refractivity contribution in [1.82, 2.24) is 4.72 Å². The zero-order chi connectivity index (χ0) is 15.9. The Balaban J connectivity index is 2.66. The number of nitrogens with two attached hydrogens (primary N) is 1. The van der Waals surface area contributed by atoms with Crippen LogP contribution < -0.4 is 15.2 Å². The topological polar surface area (TPSA) is 102 Å². The molecule has 21 heavy (non-hydrogen) atoms. The highest BCUT2D eigenvalue weighted by atomic mass is 32.2. The number of rotatable bonds is 9. The smallest absolute Gasteiger partial charge is 0.240 e. The number of methoxy groups -OCH3 is 1. The van der Waals surface area contributed by atoms with Gasteiger partial charge in [0.2, 0.25) is 10.0 Å². The number of aliphatic hydroxyl groups is 1. The van der Waals surface area contributed by atoms with E-state index in [1.807, 2.05) is 0 Å². The Labute approximate surface area is 124 Å². The van der Waals surface area contributed by atoms with Crippen molar-refractivity contribution >= 4 is 15.7 Å². The normalized spacial score (nSPS) is 11.6. The van der Waals surface area contributed by atoms with Gasteiger partial charge in [-0.15, -0.1) is 0 Å². The Morgan fingerprint density at radius 2 is 1.95 bits per heavy atom. The highest BCUT2D eigenvalue weighted by molar-refractivity contribution is 7.89. The summed E-state index contributed by atoms with van der Waals surface area (Å²) in [5, 5.41) is 8.63. The lowest BCUT2D eigenvalue weighted by Crippen LogP contribution is -2.25. The second-order valence-corrected chi connectivity index (χ2v) is 6.33. The fourth-order valence-corrected chi connectivity index (χ4v) is 2.96. The van der Waals surface area contributed by atoms with Gasteiger partial charge < -0.3 is 15.6 Å². The molecule has 6 nitrogen and oxygen atoms in total. The number of ether oxygens (including phenoxy) is 1. The van der Waals surface area contributed by atoms with Crippen molar-refractivity contribution in [3.8, 4) is 5.75 Å². The van der Waals surface area contributed by atoms with E-state index >= 15 is 0 Å². The molecule has 8 heteroatoms. The lowest BCUT2D eigenvalue weighted by atomic mass is 10.2. The van der Waals surface area contributed by atoms with Gasteiger partial charge in [0.1, 0.15) is 0 Å². The van der Waals surface area contributed by atoms with E-state index in [4.69, 9.17) is 15.6 Å². The van der Waals surface area contributed by atoms with E-state index in [-0.39, 0.29) is 29.5 Å². The first-order valence-electron chi connectivity index (χ1n) is 6.66. The second-order valence-electron chi connectivity index (χ2n) is 4.56. The van der Waals surface area contributed by atoms with Crippen LogP contribution >= 0.6 is 0 Å². The number of anilines is 1. The van der Waals surface area contributed by atoms with Crippen molar-refractivity contribution in [2.75, 3.05) is 26.0 Å². The Bertz CT molecular complexity index is 540. The zero-order valence-corrected chi connectivity index (χ0v) is 12.7. The third kappa shape index (κ3) is 5.14. The fraction of sp³-hybridized carbons (Fsp3) is 0.538. The van der Waals surface area contributed by atoms with E-state index in [1.165, 1.54) is 7.11 Å². The molecule has 1 aromatic rings. The molecule has 0 saturated carbocycles. The molecule has 120 valence electrons. The summed E-state index contributed by atoms with van der Waals surface area (Å²) in [5.74, 6) is -0.987. The average molecular weight is 320 g/mol. The maximum absolute atomic E-state index is 13.6. The van der Waals surface area contributed by atoms with Gasteiger partial charge in [-0.1, -0.05) is 12.8 Å². The summed E-state index contributed by atoms with van der Waals surface area (Å²) in [7, 11) is -2.54. The molecule has 0 radical (unpaired) electrons. The molecular weight excluding hydrogens is 299 g/mol. The second kappa shape index (κ2) is 8.16. The number of nitrogen functional groups attached to an aromatic ring is 1. The number of unbranched alkanes of at least 4 members (excludes halogenated alkanes) is 3. The van der Waals surface area contributed by atoms with Gasteiger partial charge in [-0.3, -0.25) is 0 Å². The van der Waals surface area contributed by atoms with Crippen molar-refractivity contribution in [3.05, 3.63) is 17.9 Å². The van der Waals surface area contributed by atoms with Crippen LogP contribution in [-0.2, 0) is 10.0 Å². The molecule has 4 N–H and O–H groups in total. The molecule has 0 unspecified atom stereocenters. The van der Waals surface area contributed by atoms with Crippen molar-refractivity contribution in [3.63, 3.8) is 0 Å². The first kappa shape index (κ1) is 17.7. The number of nitrogens with one attached hydrogen (secondary N) is 1. The first-order chi connectivity index (χ1) is 9.92. The van der Waals surface area contributed by atoms with Gasteiger partial charge in [0.15, 0.2) is 11.6 Å². The molecule has 0 aliphatic rings. The number of sulfonamides is 1. The SMILES string of the molecule is COc1c(N)cc(S(=O)(=O)NCCCCCCO)cc1F. The molecule has 0 aliphatic carbocycles. The van der Waals surface area contributed by atoms with E-state index < -0.39 is 15.8 Å². The molecule has 0 spiro atoms. The Morgan fingerprint density at radius 3 is 2.52 bits per heavy atom. The molecule has 0 aliphatic heterocycles. The lowest BCUT2D eigenvalue weighted by Gasteiger charge is -2.10. The first-order valence-corrected chi connectivity index (χ1v) is 8.14. The number of benzene rings is 1. The highest BCUT2D eigenvalue weighted by Gasteiger charge is 2.18. The molecule has 0 fully saturated rings. The van der Waals surface area contributed by atoms with Crippen LogP contribution in [0.25, 0.3) is 0 Å². The minimum atomic E-state index is -3.80. The van der Waals surface area contributed by atoms with E-state index in [0.29, 0.717) is 12.8 Å². The van der Waals surface area contributed by atoms with Gasteiger partial charge in [0.05, 0.1) is 17.7 Å². The number of hydrogen-bond donors (Lipinski definition) is 3. The van der Waals surface area contributed by atoms with Crippen LogP contribution in [0.3, 0.4) is 0 Å². The standard InChI is InChI=1S/C13H21FN2O4S/c1-20-13-11(14)8-10(9-12(13)15)21(18,19)16-6-4-2-3-5-7-17/h8-9,16-17H,2-7,15H2,1H3. The van der Waals surface area contributed by atoms with Crippen LogP contribution in [0.15, 0.2) is 17.0 Å². The van der Waals surface area contributed by atoms with Crippen LogP contribution in [0.2, 0.25) is 0 Å². The lowest BCUT2D eigenvalue weighted by molar-refractivity contribution is 0.282. The van der Waals surface area contributed by atoms with E-state index in [2.05, 4.69) is 4.72 Å². The molecule has 0 heterocycles. The van der Waals surface area contributed by atoms with Gasteiger partial charge in [-0.2, -0.15) is 0 Å². The molecule has 1 rings (SSSR count). The average Bonchev–Trinajstić information content (AvgIpc) is 2.42. The van der Waals surface area contributed by atoms with Gasteiger partial charge in [0.25, 0.3) is 0 Å². The van der Waals surface area contributed by atoms with Crippen molar-refractivity contribution in [2.24, 2.45) is 0 Å². The molecule has 1 aromatic carbocycles. The minimum absolute atomic E-state index is 0.0687. The van der Waals surface area contributed by atoms with Crippen LogP contribution in [0, 0.1) is 5.82 Å². The zero-order valence-electron chi connectivity index (χ0n) is 11.9. The summed E-state index contributed by atoms with van der Waals surface area (Å²) < 4.78 is 44.8. The van der Waals surface area contributed by atoms with E-state index in [9.17, 15) is 12.8 Å². The predicted molar refractivity (Wildman–Crippen MR) is 78.1 cm³/mol. The van der Waals surface area contributed by atoms with E-state index in [1.54, 1.807) is 0 Å². The third-order valence-electron chi connectivity index (χ3n) is 2.94. The van der Waals surface area contributed by atoms with Crippen LogP contribution in [-0.4, -0.2) is 33.8 Å². The molecule has 0 saturated heterocycles. The number of halogens is 1. The molecule has 0 aromatic heterocycles. The van der Waals surface area contributed by atoms with Gasteiger partial charge in [0, 0.05) is 13.2 Å². The molecule has 0 atom stereocenters. The van der Waals surface area contributed by atoms with E-state index in [0.717, 1.165) is 25.0 Å². The summed E-state index contributed by atoms with van der Waals surface area (Å²) in [6.45, 7) is 0.386. The Hall–Kier alpha value is -1.38. The molecule has 0 bridgehead atoms. The van der Waals surface area contributed by atoms with Crippen LogP contribution in [0.4, 0.5) is 10.1 Å². The van der Waals surface area contributed by atoms with Crippen LogP contribution in [0.1, 0.15) is 25.7 Å². The number of hydrogen-bond acceptors (Lipinski definition) is 5. The summed E-state index contributed by atoms with van der Waals surface area (Å²) in [4.78, 5) is -0.228. The monoisotopic (exact) mass is 320 g/mol. The van der Waals surface area contributed by atoms with Crippen molar-refractivity contribution in [1.29, 1.82) is 0 Å². The maximum atomic E-state index is 13.6. The number of aliphatic hydroxyl groups excluding tert-OH is 1. The largest absolute Gasteiger partial charge is 0.492 e. The van der Waals surface area contributed by atoms with Gasteiger partial charge in [-0.05, 0) is 25.0 Å². The minimum Gasteiger partial charge on any atom is -0.492 e. The van der Waals surface area contributed by atoms with Crippen molar-refractivity contribution in [2.45, 2.75) is 30.6 Å². The summed E-state index contributed by atoms with van der Waals surface area (Å²) in [5.41, 5.74) is 5.49. The Morgan fingerprint density at radius 1 is 1.29 bits per heavy atom. The molecule has 0 amide bonds. The third-order valence-corrected chi connectivity index (χ3v) is 4.38. The highest BCUT2D eigenvalue weighted by Crippen LogP contribution is 2.28. The quantitative estimate of drug-likeness (QED) is 0.469. The van der Waals surface area contributed by atoms with Crippen LogP contribution in [0.5, 0.6) is 5.75 Å². The van der Waals surface area contributed by atoms with Crippen molar-refractivity contribution < 1.29 is 22.7 Å². The van der Waals surface area contributed by atoms with Gasteiger partial charge >= 0.3 is 0 Å². The predicted octanol–water partition coefficient (Wildman–Crippen LogP) is 1.25.